The molecule has 0 radical (unpaired) electrons. The Morgan fingerprint density at radius 3 is 2.88 bits per heavy atom. The molecule has 1 N–H and O–H groups in total. The molecule has 5 nitrogen and oxygen atoms in total. The van der Waals surface area contributed by atoms with Gasteiger partial charge in [0.05, 0.1) is 17.1 Å². The maximum absolute atomic E-state index is 12.8. The van der Waals surface area contributed by atoms with Crippen molar-refractivity contribution in [3.8, 4) is 0 Å². The molecular formula is C18H22IN3O2. The van der Waals surface area contributed by atoms with Crippen molar-refractivity contribution in [3.63, 3.8) is 0 Å². The zero-order valence-electron chi connectivity index (χ0n) is 14.4. The van der Waals surface area contributed by atoms with Gasteiger partial charge in [-0.05, 0) is 79.8 Å². The van der Waals surface area contributed by atoms with Gasteiger partial charge in [-0.3, -0.25) is 4.90 Å². The van der Waals surface area contributed by atoms with Gasteiger partial charge in [-0.25, -0.2) is 9.78 Å². The molecule has 4 rings (SSSR count). The van der Waals surface area contributed by atoms with E-state index < -0.39 is 5.60 Å². The van der Waals surface area contributed by atoms with Crippen LogP contribution in [0.3, 0.4) is 0 Å². The largest absolute Gasteiger partial charge is 0.444 e. The lowest BCUT2D eigenvalue weighted by molar-refractivity contribution is 0.0175. The summed E-state index contributed by atoms with van der Waals surface area (Å²) in [6.07, 6.45) is 1.77. The summed E-state index contributed by atoms with van der Waals surface area (Å²) in [4.78, 5) is 22.8. The van der Waals surface area contributed by atoms with Crippen LogP contribution in [-0.4, -0.2) is 32.6 Å². The zero-order valence-corrected chi connectivity index (χ0v) is 16.5. The maximum Gasteiger partial charge on any atom is 0.411 e. The zero-order chi connectivity index (χ0) is 17.3. The highest BCUT2D eigenvalue weighted by Crippen LogP contribution is 2.63. The number of amides is 1. The van der Waals surface area contributed by atoms with Crippen LogP contribution in [0.4, 0.5) is 4.79 Å². The minimum Gasteiger partial charge on any atom is -0.444 e. The second kappa shape index (κ2) is 5.09. The molecule has 128 valence electrons. The third-order valence-corrected chi connectivity index (χ3v) is 5.69. The average molecular weight is 439 g/mol. The molecular weight excluding hydrogens is 417 g/mol. The van der Waals surface area contributed by atoms with Gasteiger partial charge in [-0.1, -0.05) is 6.92 Å². The first-order valence-electron chi connectivity index (χ1n) is 8.33. The number of nitrogens with zero attached hydrogens (tertiary/aromatic N) is 2. The average Bonchev–Trinajstić information content (AvgIpc) is 2.82. The Hall–Kier alpha value is -1.31. The second-order valence-corrected chi connectivity index (χ2v) is 9.51. The summed E-state index contributed by atoms with van der Waals surface area (Å²) in [7, 11) is 0. The van der Waals surface area contributed by atoms with Crippen molar-refractivity contribution in [1.29, 1.82) is 0 Å². The number of halogens is 1. The summed E-state index contributed by atoms with van der Waals surface area (Å²) >= 11 is 2.30. The first-order chi connectivity index (χ1) is 11.2. The summed E-state index contributed by atoms with van der Waals surface area (Å²) in [5.41, 5.74) is 1.68. The topological polar surface area (TPSA) is 58.2 Å². The van der Waals surface area contributed by atoms with E-state index in [-0.39, 0.29) is 23.6 Å². The van der Waals surface area contributed by atoms with Crippen LogP contribution in [0.1, 0.15) is 52.4 Å². The molecule has 2 heterocycles. The van der Waals surface area contributed by atoms with Crippen LogP contribution in [0, 0.1) is 8.99 Å². The standard InChI is InChI=1S/C18H22IN3O2/c1-17(2,3)24-16(23)22-13(8-18(4)9-14(18)22)15-20-11-6-5-10(19)7-12(11)21-15/h5-7,13-14H,8-9H2,1-4H3,(H,20,21)/t13-,14?,18-/m0/s1. The molecule has 1 saturated carbocycles. The van der Waals surface area contributed by atoms with E-state index in [1.807, 2.05) is 37.8 Å². The Labute approximate surface area is 155 Å². The van der Waals surface area contributed by atoms with Crippen molar-refractivity contribution < 1.29 is 9.53 Å². The number of ether oxygens (including phenoxy) is 1. The lowest BCUT2D eigenvalue weighted by atomic mass is 10.0. The quantitative estimate of drug-likeness (QED) is 0.660. The van der Waals surface area contributed by atoms with Crippen LogP contribution >= 0.6 is 22.6 Å². The number of benzene rings is 1. The Morgan fingerprint density at radius 1 is 1.42 bits per heavy atom. The van der Waals surface area contributed by atoms with E-state index in [0.29, 0.717) is 0 Å². The highest BCUT2D eigenvalue weighted by atomic mass is 127. The van der Waals surface area contributed by atoms with Gasteiger partial charge in [-0.2, -0.15) is 0 Å². The molecule has 1 unspecified atom stereocenters. The minimum absolute atomic E-state index is 0.0336. The molecule has 0 spiro atoms. The lowest BCUT2D eigenvalue weighted by Gasteiger charge is -2.29. The minimum atomic E-state index is -0.487. The van der Waals surface area contributed by atoms with Crippen LogP contribution in [0.25, 0.3) is 11.0 Å². The third-order valence-electron chi connectivity index (χ3n) is 5.02. The number of aromatic amines is 1. The number of piperidine rings is 1. The predicted octanol–water partition coefficient (Wildman–Crippen LogP) is 4.63. The first-order valence-corrected chi connectivity index (χ1v) is 9.41. The van der Waals surface area contributed by atoms with Crippen molar-refractivity contribution in [2.75, 3.05) is 0 Å². The SMILES string of the molecule is CC(C)(C)OC(=O)N1C2C[C@]2(C)C[C@H]1c1nc2ccc(I)cc2[nH]1. The molecule has 6 heteroatoms. The van der Waals surface area contributed by atoms with Crippen LogP contribution in [0.15, 0.2) is 18.2 Å². The Balaban J connectivity index is 1.68. The second-order valence-electron chi connectivity index (χ2n) is 8.27. The highest BCUT2D eigenvalue weighted by molar-refractivity contribution is 14.1. The van der Waals surface area contributed by atoms with Crippen molar-refractivity contribution in [1.82, 2.24) is 14.9 Å². The molecule has 2 aliphatic rings. The van der Waals surface area contributed by atoms with Crippen molar-refractivity contribution in [2.45, 2.75) is 58.2 Å². The molecule has 24 heavy (non-hydrogen) atoms. The summed E-state index contributed by atoms with van der Waals surface area (Å²) in [6, 6.07) is 6.39. The highest BCUT2D eigenvalue weighted by Gasteiger charge is 2.64. The third kappa shape index (κ3) is 2.68. The fourth-order valence-electron chi connectivity index (χ4n) is 3.75. The van der Waals surface area contributed by atoms with Crippen LogP contribution in [-0.2, 0) is 4.74 Å². The van der Waals surface area contributed by atoms with Gasteiger partial charge < -0.3 is 9.72 Å². The summed E-state index contributed by atoms with van der Waals surface area (Å²) in [6.45, 7) is 7.97. The number of aromatic nitrogens is 2. The molecule has 0 bridgehead atoms. The van der Waals surface area contributed by atoms with Gasteiger partial charge >= 0.3 is 6.09 Å². The van der Waals surface area contributed by atoms with Crippen molar-refractivity contribution in [2.24, 2.45) is 5.41 Å². The van der Waals surface area contributed by atoms with E-state index in [1.165, 1.54) is 3.57 Å². The number of hydrogen-bond acceptors (Lipinski definition) is 3. The Morgan fingerprint density at radius 2 is 2.17 bits per heavy atom. The Kier molecular flexibility index (Phi) is 3.43. The molecule has 1 aromatic carbocycles. The predicted molar refractivity (Wildman–Crippen MR) is 101 cm³/mol. The van der Waals surface area contributed by atoms with Crippen LogP contribution in [0.5, 0.6) is 0 Å². The van der Waals surface area contributed by atoms with Crippen molar-refractivity contribution in [3.05, 3.63) is 27.6 Å². The molecule has 1 saturated heterocycles. The van der Waals surface area contributed by atoms with E-state index in [9.17, 15) is 4.79 Å². The monoisotopic (exact) mass is 439 g/mol. The fourth-order valence-corrected chi connectivity index (χ4v) is 4.24. The van der Waals surface area contributed by atoms with Crippen molar-refractivity contribution >= 4 is 39.7 Å². The normalized spacial score (nSPS) is 29.0. The summed E-state index contributed by atoms with van der Waals surface area (Å²) < 4.78 is 6.82. The lowest BCUT2D eigenvalue weighted by Crippen LogP contribution is -2.38. The number of nitrogens with one attached hydrogen (secondary N) is 1. The van der Waals surface area contributed by atoms with Gasteiger partial charge in [0.2, 0.25) is 0 Å². The number of imidazole rings is 1. The number of rotatable bonds is 1. The fraction of sp³-hybridized carbons (Fsp3) is 0.556. The molecule has 1 aliphatic carbocycles. The number of H-pyrrole nitrogens is 1. The molecule has 1 aliphatic heterocycles. The smallest absolute Gasteiger partial charge is 0.411 e. The van der Waals surface area contributed by atoms with E-state index in [0.717, 1.165) is 29.7 Å². The van der Waals surface area contributed by atoms with Gasteiger partial charge in [0.1, 0.15) is 11.4 Å². The number of hydrogen-bond donors (Lipinski definition) is 1. The molecule has 2 aromatic rings. The molecule has 1 aromatic heterocycles. The van der Waals surface area contributed by atoms with Gasteiger partial charge in [-0.15, -0.1) is 0 Å². The first kappa shape index (κ1) is 16.2. The van der Waals surface area contributed by atoms with E-state index in [2.05, 4.69) is 40.6 Å². The van der Waals surface area contributed by atoms with E-state index >= 15 is 0 Å². The summed E-state index contributed by atoms with van der Waals surface area (Å²) in [5.74, 6) is 0.867. The summed E-state index contributed by atoms with van der Waals surface area (Å²) in [5, 5.41) is 0. The number of fused-ring (bicyclic) bond motifs is 2. The molecule has 2 fully saturated rings. The molecule has 1 amide bonds. The van der Waals surface area contributed by atoms with E-state index in [4.69, 9.17) is 9.72 Å². The van der Waals surface area contributed by atoms with Gasteiger partial charge in [0.15, 0.2) is 0 Å². The van der Waals surface area contributed by atoms with Crippen LogP contribution in [0.2, 0.25) is 0 Å². The maximum atomic E-state index is 12.8. The van der Waals surface area contributed by atoms with E-state index in [1.54, 1.807) is 0 Å². The molecule has 3 atom stereocenters. The number of carbonyl (C=O) groups is 1. The van der Waals surface area contributed by atoms with Gasteiger partial charge in [0.25, 0.3) is 0 Å². The van der Waals surface area contributed by atoms with Gasteiger partial charge in [0, 0.05) is 9.61 Å². The number of carbonyl (C=O) groups excluding carboxylic acids is 1. The number of likely N-dealkylation sites (tertiary alicyclic amines) is 1. The Bertz CT molecular complexity index is 825. The van der Waals surface area contributed by atoms with Crippen LogP contribution < -0.4 is 0 Å².